The van der Waals surface area contributed by atoms with E-state index in [1.165, 1.54) is 51.8 Å². The SMILES string of the molecule is CCC[CH2][Sn]([C]#COC(=O)Nc1ccccc1)([CH2]CCC)[CH2]CCC. The zero-order valence-corrected chi connectivity index (χ0v) is 18.9. The summed E-state index contributed by atoms with van der Waals surface area (Å²) in [4.78, 5) is 11.9. The van der Waals surface area contributed by atoms with E-state index in [4.69, 9.17) is 4.74 Å². The molecule has 0 aliphatic carbocycles. The van der Waals surface area contributed by atoms with Gasteiger partial charge in [0.25, 0.3) is 0 Å². The van der Waals surface area contributed by atoms with Gasteiger partial charge in [-0.3, -0.25) is 0 Å². The molecule has 1 aromatic carbocycles. The normalized spacial score (nSPS) is 10.7. The van der Waals surface area contributed by atoms with Crippen LogP contribution >= 0.6 is 0 Å². The van der Waals surface area contributed by atoms with Crippen molar-refractivity contribution in [2.75, 3.05) is 5.32 Å². The number of anilines is 1. The van der Waals surface area contributed by atoms with Crippen LogP contribution in [0.25, 0.3) is 0 Å². The Morgan fingerprint density at radius 1 is 0.960 bits per heavy atom. The Hall–Kier alpha value is -1.15. The maximum absolute atomic E-state index is 11.9. The second kappa shape index (κ2) is 13.1. The van der Waals surface area contributed by atoms with Crippen LogP contribution in [0.1, 0.15) is 59.3 Å². The third-order valence-electron chi connectivity index (χ3n) is 4.51. The van der Waals surface area contributed by atoms with E-state index in [2.05, 4.69) is 36.1 Å². The van der Waals surface area contributed by atoms with Crippen LogP contribution in [0.15, 0.2) is 30.3 Å². The van der Waals surface area contributed by atoms with Crippen LogP contribution in [-0.2, 0) is 4.74 Å². The molecule has 0 saturated carbocycles. The van der Waals surface area contributed by atoms with Crippen molar-refractivity contribution in [3.8, 4) is 10.0 Å². The minimum atomic E-state index is -2.54. The number of unbranched alkanes of at least 4 members (excludes halogenated alkanes) is 3. The summed E-state index contributed by atoms with van der Waals surface area (Å²) in [5, 5.41) is 2.72. The number of amides is 1. The topological polar surface area (TPSA) is 38.3 Å². The zero-order valence-electron chi connectivity index (χ0n) is 16.1. The molecule has 25 heavy (non-hydrogen) atoms. The molecule has 0 atom stereocenters. The van der Waals surface area contributed by atoms with Crippen LogP contribution in [0.3, 0.4) is 0 Å². The molecule has 0 unspecified atom stereocenters. The fourth-order valence-corrected chi connectivity index (χ4v) is 15.7. The number of benzene rings is 1. The van der Waals surface area contributed by atoms with Gasteiger partial charge in [0.1, 0.15) is 0 Å². The molecule has 0 spiro atoms. The monoisotopic (exact) mass is 451 g/mol. The molecule has 0 aliphatic rings. The molecule has 1 amide bonds. The number of para-hydroxylation sites is 1. The quantitative estimate of drug-likeness (QED) is 0.323. The average Bonchev–Trinajstić information content (AvgIpc) is 2.63. The molecule has 0 saturated heterocycles. The summed E-state index contributed by atoms with van der Waals surface area (Å²) in [6.45, 7) is 6.73. The summed E-state index contributed by atoms with van der Waals surface area (Å²) in [7, 11) is 0. The Kier molecular flexibility index (Phi) is 11.5. The molecular weight excluding hydrogens is 417 g/mol. The van der Waals surface area contributed by atoms with E-state index in [1.807, 2.05) is 30.3 Å². The molecule has 1 aromatic rings. The summed E-state index contributed by atoms with van der Waals surface area (Å²) < 4.78 is 12.6. The number of nitrogens with one attached hydrogen (secondary N) is 1. The minimum absolute atomic E-state index is 0.486. The summed E-state index contributed by atoms with van der Waals surface area (Å²) in [5.74, 6) is 0. The van der Waals surface area contributed by atoms with E-state index < -0.39 is 24.5 Å². The van der Waals surface area contributed by atoms with Crippen molar-refractivity contribution in [3.05, 3.63) is 30.3 Å². The number of ether oxygens (including phenoxy) is 1. The fourth-order valence-electron chi connectivity index (χ4n) is 2.95. The van der Waals surface area contributed by atoms with Gasteiger partial charge in [-0.15, -0.1) is 0 Å². The standard InChI is InChI=1S/C9H6NO2.3C4H9.Sn/c1-2-12-9(11)10-8-6-4-3-5-7-8;3*1-3-4-2;/h3-7H,(H,10,11);3*1,3-4H2,2H3;. The van der Waals surface area contributed by atoms with Crippen molar-refractivity contribution >= 4 is 30.2 Å². The van der Waals surface area contributed by atoms with Crippen molar-refractivity contribution in [1.82, 2.24) is 0 Å². The first-order chi connectivity index (χ1) is 12.2. The van der Waals surface area contributed by atoms with E-state index in [0.29, 0.717) is 0 Å². The molecule has 0 aromatic heterocycles. The molecule has 0 aliphatic heterocycles. The summed E-state index contributed by atoms with van der Waals surface area (Å²) in [5.41, 5.74) is 0.729. The van der Waals surface area contributed by atoms with Gasteiger partial charge in [0.2, 0.25) is 0 Å². The van der Waals surface area contributed by atoms with E-state index in [1.54, 1.807) is 0 Å². The van der Waals surface area contributed by atoms with E-state index in [-0.39, 0.29) is 0 Å². The van der Waals surface area contributed by atoms with Crippen molar-refractivity contribution in [2.24, 2.45) is 0 Å². The summed E-state index contributed by atoms with van der Waals surface area (Å²) >= 11 is -2.54. The Balaban J connectivity index is 2.73. The molecule has 0 radical (unpaired) electrons. The third kappa shape index (κ3) is 9.20. The Morgan fingerprint density at radius 2 is 1.48 bits per heavy atom. The van der Waals surface area contributed by atoms with Gasteiger partial charge in [-0.05, 0) is 0 Å². The first kappa shape index (κ1) is 21.9. The summed E-state index contributed by atoms with van der Waals surface area (Å²) in [6, 6.07) is 9.34. The van der Waals surface area contributed by atoms with Crippen LogP contribution in [0.2, 0.25) is 13.3 Å². The molecule has 1 rings (SSSR count). The van der Waals surface area contributed by atoms with Gasteiger partial charge >= 0.3 is 158 Å². The zero-order chi connectivity index (χ0) is 18.4. The van der Waals surface area contributed by atoms with Gasteiger partial charge in [-0.25, -0.2) is 0 Å². The number of hydrogen-bond acceptors (Lipinski definition) is 2. The number of hydrogen-bond donors (Lipinski definition) is 1. The predicted molar refractivity (Wildman–Crippen MR) is 109 cm³/mol. The van der Waals surface area contributed by atoms with Crippen LogP contribution in [0, 0.1) is 10.0 Å². The van der Waals surface area contributed by atoms with Crippen LogP contribution in [0.5, 0.6) is 0 Å². The van der Waals surface area contributed by atoms with Crippen LogP contribution in [0.4, 0.5) is 10.5 Å². The van der Waals surface area contributed by atoms with E-state index in [0.717, 1.165) is 5.69 Å². The van der Waals surface area contributed by atoms with Crippen LogP contribution in [-0.4, -0.2) is 24.5 Å². The Bertz CT molecular complexity index is 526. The van der Waals surface area contributed by atoms with Gasteiger partial charge < -0.3 is 0 Å². The van der Waals surface area contributed by atoms with Crippen molar-refractivity contribution in [1.29, 1.82) is 0 Å². The molecule has 0 bridgehead atoms. The number of rotatable bonds is 10. The molecule has 1 N–H and O–H groups in total. The van der Waals surface area contributed by atoms with Crippen molar-refractivity contribution in [3.63, 3.8) is 0 Å². The second-order valence-electron chi connectivity index (χ2n) is 6.70. The first-order valence-electron chi connectivity index (χ1n) is 9.71. The molecule has 3 nitrogen and oxygen atoms in total. The molecule has 0 fully saturated rings. The molecule has 4 heteroatoms. The van der Waals surface area contributed by atoms with Gasteiger partial charge in [-0.2, -0.15) is 0 Å². The third-order valence-corrected chi connectivity index (χ3v) is 17.5. The maximum atomic E-state index is 11.9. The Morgan fingerprint density at radius 3 is 1.96 bits per heavy atom. The van der Waals surface area contributed by atoms with Gasteiger partial charge in [0, 0.05) is 0 Å². The van der Waals surface area contributed by atoms with Gasteiger partial charge in [0.05, 0.1) is 0 Å². The molecular formula is C21H33NO2Sn. The van der Waals surface area contributed by atoms with Gasteiger partial charge in [0.15, 0.2) is 0 Å². The number of carbonyl (C=O) groups is 1. The summed E-state index contributed by atoms with van der Waals surface area (Å²) in [6.07, 6.45) is 9.74. The number of carbonyl (C=O) groups excluding carboxylic acids is 1. The van der Waals surface area contributed by atoms with Crippen molar-refractivity contribution in [2.45, 2.75) is 72.6 Å². The van der Waals surface area contributed by atoms with Crippen LogP contribution < -0.4 is 5.32 Å². The molecule has 0 heterocycles. The fraction of sp³-hybridized carbons (Fsp3) is 0.571. The molecule has 138 valence electrons. The predicted octanol–water partition coefficient (Wildman–Crippen LogP) is 6.58. The first-order valence-corrected chi connectivity index (χ1v) is 17.2. The van der Waals surface area contributed by atoms with Crippen molar-refractivity contribution < 1.29 is 9.53 Å². The Labute approximate surface area is 157 Å². The van der Waals surface area contributed by atoms with Gasteiger partial charge in [-0.1, -0.05) is 0 Å². The average molecular weight is 450 g/mol. The van der Waals surface area contributed by atoms with E-state index >= 15 is 0 Å². The van der Waals surface area contributed by atoms with E-state index in [9.17, 15) is 4.79 Å². The second-order valence-corrected chi connectivity index (χ2v) is 19.0.